The minimum atomic E-state index is -0.590. The number of nitrogens with one attached hydrogen (secondary N) is 1. The van der Waals surface area contributed by atoms with E-state index in [2.05, 4.69) is 27.2 Å². The first kappa shape index (κ1) is 27.9. The van der Waals surface area contributed by atoms with E-state index in [1.807, 2.05) is 41.3 Å². The maximum Gasteiger partial charge on any atom is 0.240 e. The highest BCUT2D eigenvalue weighted by Crippen LogP contribution is 2.30. The maximum absolute atomic E-state index is 14.2. The Bertz CT molecular complexity index is 1280. The summed E-state index contributed by atoms with van der Waals surface area (Å²) in [6, 6.07) is 19.3. The molecule has 0 aliphatic carbocycles. The molecule has 2 unspecified atom stereocenters. The Labute approximate surface area is 234 Å². The Morgan fingerprint density at radius 3 is 2.27 bits per heavy atom. The zero-order valence-electron chi connectivity index (χ0n) is 23.0. The Hall–Kier alpha value is -3.69. The molecule has 2 atom stereocenters. The Morgan fingerprint density at radius 2 is 1.62 bits per heavy atom. The van der Waals surface area contributed by atoms with Crippen molar-refractivity contribution in [1.82, 2.24) is 15.1 Å². The number of hydrogen-bond donors (Lipinski definition) is 1. The number of nitrogens with zero attached hydrogens (tertiary/aromatic N) is 3. The van der Waals surface area contributed by atoms with E-state index < -0.39 is 11.6 Å². The smallest absolute Gasteiger partial charge is 0.240 e. The quantitative estimate of drug-likeness (QED) is 0.434. The molecule has 2 aliphatic heterocycles. The van der Waals surface area contributed by atoms with Crippen LogP contribution >= 0.6 is 0 Å². The number of halogens is 2. The molecule has 7 nitrogen and oxygen atoms in total. The zero-order valence-corrected chi connectivity index (χ0v) is 23.0. The number of rotatable bonds is 9. The standard InChI is InChI=1S/C31H36F2N4O3/c1-39-27-16-26(17-28(18-27)40-2)35-10-12-36(13-11-35)31(38)30-15-25(21-37(30)20-22-6-4-3-5-7-22)34-19-23-8-9-24(32)14-29(23)33/h3-9,14,16-18,25,30,34H,10-13,15,19-21H2,1-2H3. The van der Waals surface area contributed by atoms with Gasteiger partial charge in [0.25, 0.3) is 0 Å². The van der Waals surface area contributed by atoms with Crippen molar-refractivity contribution in [2.24, 2.45) is 0 Å². The van der Waals surface area contributed by atoms with Gasteiger partial charge in [-0.3, -0.25) is 9.69 Å². The largest absolute Gasteiger partial charge is 0.497 e. The van der Waals surface area contributed by atoms with Gasteiger partial charge in [-0.15, -0.1) is 0 Å². The molecule has 1 amide bonds. The number of carbonyl (C=O) groups is 1. The summed E-state index contributed by atoms with van der Waals surface area (Å²) in [5, 5.41) is 3.41. The van der Waals surface area contributed by atoms with Gasteiger partial charge in [0.05, 0.1) is 20.3 Å². The lowest BCUT2D eigenvalue weighted by atomic mass is 10.1. The second-order valence-electron chi connectivity index (χ2n) is 10.4. The molecule has 0 bridgehead atoms. The molecule has 0 saturated carbocycles. The van der Waals surface area contributed by atoms with Crippen molar-refractivity contribution < 1.29 is 23.0 Å². The first-order valence-electron chi connectivity index (χ1n) is 13.7. The molecule has 9 heteroatoms. The summed E-state index contributed by atoms with van der Waals surface area (Å²) in [4.78, 5) is 20.3. The Morgan fingerprint density at radius 1 is 0.925 bits per heavy atom. The van der Waals surface area contributed by atoms with Crippen LogP contribution in [-0.2, 0) is 17.9 Å². The summed E-state index contributed by atoms with van der Waals surface area (Å²) in [5.74, 6) is 0.429. The third-order valence-corrected chi connectivity index (χ3v) is 7.81. The fourth-order valence-corrected chi connectivity index (χ4v) is 5.59. The number of ether oxygens (including phenoxy) is 2. The van der Waals surface area contributed by atoms with Crippen LogP contribution in [0, 0.1) is 11.6 Å². The highest BCUT2D eigenvalue weighted by atomic mass is 19.1. The molecular weight excluding hydrogens is 514 g/mol. The van der Waals surface area contributed by atoms with Gasteiger partial charge in [0.1, 0.15) is 23.1 Å². The van der Waals surface area contributed by atoms with E-state index in [4.69, 9.17) is 9.47 Å². The Kier molecular flexibility index (Phi) is 8.81. The van der Waals surface area contributed by atoms with Crippen LogP contribution in [0.2, 0.25) is 0 Å². The fourth-order valence-electron chi connectivity index (χ4n) is 5.59. The van der Waals surface area contributed by atoms with Crippen molar-refractivity contribution in [3.05, 3.63) is 89.5 Å². The van der Waals surface area contributed by atoms with Gasteiger partial charge in [-0.1, -0.05) is 36.4 Å². The average Bonchev–Trinajstić information content (AvgIpc) is 3.38. The predicted molar refractivity (Wildman–Crippen MR) is 151 cm³/mol. The molecule has 3 aromatic rings. The van der Waals surface area contributed by atoms with Crippen LogP contribution < -0.4 is 19.7 Å². The van der Waals surface area contributed by atoms with Crippen molar-refractivity contribution in [1.29, 1.82) is 0 Å². The average molecular weight is 551 g/mol. The third-order valence-electron chi connectivity index (χ3n) is 7.81. The topological polar surface area (TPSA) is 57.3 Å². The fraction of sp³-hybridized carbons (Fsp3) is 0.387. The molecule has 2 saturated heterocycles. The van der Waals surface area contributed by atoms with Gasteiger partial charge < -0.3 is 24.6 Å². The van der Waals surface area contributed by atoms with Crippen LogP contribution in [0.5, 0.6) is 11.5 Å². The van der Waals surface area contributed by atoms with Gasteiger partial charge in [-0.25, -0.2) is 8.78 Å². The zero-order chi connectivity index (χ0) is 28.1. The Balaban J connectivity index is 1.25. The van der Waals surface area contributed by atoms with E-state index in [0.29, 0.717) is 51.3 Å². The molecule has 0 aromatic heterocycles. The van der Waals surface area contributed by atoms with Crippen LogP contribution in [0.4, 0.5) is 14.5 Å². The SMILES string of the molecule is COc1cc(OC)cc(N2CCN(C(=O)C3CC(NCc4ccc(F)cc4F)CN3Cc3ccccc3)CC2)c1. The lowest BCUT2D eigenvalue weighted by Gasteiger charge is -2.38. The summed E-state index contributed by atoms with van der Waals surface area (Å²) >= 11 is 0. The van der Waals surface area contributed by atoms with Crippen molar-refractivity contribution in [2.75, 3.05) is 51.8 Å². The first-order valence-corrected chi connectivity index (χ1v) is 13.7. The van der Waals surface area contributed by atoms with E-state index in [-0.39, 0.29) is 24.5 Å². The van der Waals surface area contributed by atoms with Gasteiger partial charge in [-0.2, -0.15) is 0 Å². The molecule has 1 N–H and O–H groups in total. The van der Waals surface area contributed by atoms with Gasteiger partial charge in [0.2, 0.25) is 5.91 Å². The van der Waals surface area contributed by atoms with E-state index in [0.717, 1.165) is 28.8 Å². The van der Waals surface area contributed by atoms with Crippen LogP contribution in [-0.4, -0.2) is 74.7 Å². The summed E-state index contributed by atoms with van der Waals surface area (Å²) in [5.41, 5.74) is 2.56. The second-order valence-corrected chi connectivity index (χ2v) is 10.4. The molecule has 0 spiro atoms. The monoisotopic (exact) mass is 550 g/mol. The highest BCUT2D eigenvalue weighted by Gasteiger charge is 2.39. The second kappa shape index (κ2) is 12.7. The first-order chi connectivity index (χ1) is 19.4. The molecule has 5 rings (SSSR count). The van der Waals surface area contributed by atoms with Gasteiger partial charge in [-0.05, 0) is 18.1 Å². The van der Waals surface area contributed by atoms with Crippen LogP contribution in [0.1, 0.15) is 17.5 Å². The molecular formula is C31H36F2N4O3. The number of benzene rings is 3. The van der Waals surface area contributed by atoms with E-state index in [9.17, 15) is 13.6 Å². The van der Waals surface area contributed by atoms with Crippen LogP contribution in [0.15, 0.2) is 66.7 Å². The van der Waals surface area contributed by atoms with E-state index >= 15 is 0 Å². The van der Waals surface area contributed by atoms with Gasteiger partial charge in [0, 0.05) is 87.4 Å². The number of likely N-dealkylation sites (tertiary alicyclic amines) is 1. The number of methoxy groups -OCH3 is 2. The van der Waals surface area contributed by atoms with Crippen molar-refractivity contribution in [3.63, 3.8) is 0 Å². The molecule has 212 valence electrons. The lowest BCUT2D eigenvalue weighted by molar-refractivity contribution is -0.136. The minimum Gasteiger partial charge on any atom is -0.497 e. The summed E-state index contributed by atoms with van der Waals surface area (Å²) in [6.07, 6.45) is 0.627. The van der Waals surface area contributed by atoms with Crippen molar-refractivity contribution >= 4 is 11.6 Å². The number of anilines is 1. The molecule has 40 heavy (non-hydrogen) atoms. The van der Waals surface area contributed by atoms with Crippen LogP contribution in [0.3, 0.4) is 0 Å². The number of amides is 1. The van der Waals surface area contributed by atoms with Crippen LogP contribution in [0.25, 0.3) is 0 Å². The van der Waals surface area contributed by atoms with Gasteiger partial charge >= 0.3 is 0 Å². The lowest BCUT2D eigenvalue weighted by Crippen LogP contribution is -2.53. The number of carbonyl (C=O) groups excluding carboxylic acids is 1. The third kappa shape index (κ3) is 6.54. The minimum absolute atomic E-state index is 0.00709. The molecule has 2 aliphatic rings. The summed E-state index contributed by atoms with van der Waals surface area (Å²) < 4.78 is 38.4. The summed E-state index contributed by atoms with van der Waals surface area (Å²) in [7, 11) is 3.27. The molecule has 2 fully saturated rings. The summed E-state index contributed by atoms with van der Waals surface area (Å²) in [6.45, 7) is 4.25. The number of piperazine rings is 1. The van der Waals surface area contributed by atoms with Crippen molar-refractivity contribution in [3.8, 4) is 11.5 Å². The van der Waals surface area contributed by atoms with Gasteiger partial charge in [0.15, 0.2) is 0 Å². The van der Waals surface area contributed by atoms with Crippen molar-refractivity contribution in [2.45, 2.75) is 31.6 Å². The molecule has 3 aromatic carbocycles. The number of hydrogen-bond acceptors (Lipinski definition) is 6. The molecule has 2 heterocycles. The predicted octanol–water partition coefficient (Wildman–Crippen LogP) is 4.06. The normalized spacial score (nSPS) is 19.6. The van der Waals surface area contributed by atoms with E-state index in [1.165, 1.54) is 12.1 Å². The van der Waals surface area contributed by atoms with E-state index in [1.54, 1.807) is 14.2 Å². The molecule has 0 radical (unpaired) electrons. The maximum atomic E-state index is 14.2. The highest BCUT2D eigenvalue weighted by molar-refractivity contribution is 5.82.